The van der Waals surface area contributed by atoms with E-state index in [-0.39, 0.29) is 12.0 Å². The third-order valence-electron chi connectivity index (χ3n) is 1.40. The van der Waals surface area contributed by atoms with E-state index in [4.69, 9.17) is 14.7 Å². The van der Waals surface area contributed by atoms with Gasteiger partial charge < -0.3 is 9.47 Å². The van der Waals surface area contributed by atoms with Crippen LogP contribution >= 0.6 is 0 Å². The zero-order valence-corrected chi connectivity index (χ0v) is 7.29. The van der Waals surface area contributed by atoms with Gasteiger partial charge in [-0.25, -0.2) is 4.89 Å². The van der Waals surface area contributed by atoms with Crippen molar-refractivity contribution in [2.45, 2.75) is 6.92 Å². The highest BCUT2D eigenvalue weighted by atomic mass is 17.1. The Bertz CT molecular complexity index is 77.4. The molecule has 0 unspecified atom stereocenters. The van der Waals surface area contributed by atoms with Gasteiger partial charge in [-0.05, 0) is 0 Å². The van der Waals surface area contributed by atoms with Gasteiger partial charge in [-0.3, -0.25) is 5.26 Å². The summed E-state index contributed by atoms with van der Waals surface area (Å²) >= 11 is 0. The van der Waals surface area contributed by atoms with Crippen molar-refractivity contribution >= 4 is 0 Å². The Labute approximate surface area is 67.0 Å². The van der Waals surface area contributed by atoms with Crippen LogP contribution < -0.4 is 0 Å². The van der Waals surface area contributed by atoms with Crippen molar-refractivity contribution in [1.82, 2.24) is 0 Å². The van der Waals surface area contributed by atoms with Gasteiger partial charge >= 0.3 is 0 Å². The molecule has 0 aromatic rings. The fourth-order valence-corrected chi connectivity index (χ4v) is 0.978. The Balaban J connectivity index is 3.79. The summed E-state index contributed by atoms with van der Waals surface area (Å²) in [5.41, 5.74) is -0.266. The molecule has 0 rings (SSSR count). The molecule has 4 nitrogen and oxygen atoms in total. The summed E-state index contributed by atoms with van der Waals surface area (Å²) in [6.07, 6.45) is 0. The Hall–Kier alpha value is -0.160. The average Bonchev–Trinajstić information content (AvgIpc) is 1.88. The molecule has 11 heavy (non-hydrogen) atoms. The highest BCUT2D eigenvalue weighted by Crippen LogP contribution is 2.16. The summed E-state index contributed by atoms with van der Waals surface area (Å²) in [5, 5.41) is 8.24. The lowest BCUT2D eigenvalue weighted by Gasteiger charge is -2.25. The predicted molar refractivity (Wildman–Crippen MR) is 40.4 cm³/mol. The van der Waals surface area contributed by atoms with E-state index in [1.807, 2.05) is 6.92 Å². The Morgan fingerprint density at radius 3 is 1.82 bits per heavy atom. The number of hydrogen-bond acceptors (Lipinski definition) is 4. The van der Waals surface area contributed by atoms with Crippen LogP contribution in [0.1, 0.15) is 6.92 Å². The van der Waals surface area contributed by atoms with E-state index in [1.165, 1.54) is 0 Å². The topological polar surface area (TPSA) is 47.9 Å². The van der Waals surface area contributed by atoms with Gasteiger partial charge in [0, 0.05) is 19.6 Å². The van der Waals surface area contributed by atoms with Crippen LogP contribution in [0.5, 0.6) is 0 Å². The minimum atomic E-state index is -0.266. The van der Waals surface area contributed by atoms with Crippen LogP contribution in [0.3, 0.4) is 0 Å². The van der Waals surface area contributed by atoms with Crippen molar-refractivity contribution in [2.75, 3.05) is 34.0 Å². The average molecular weight is 164 g/mol. The highest BCUT2D eigenvalue weighted by Gasteiger charge is 2.24. The second-order valence-electron chi connectivity index (χ2n) is 2.95. The van der Waals surface area contributed by atoms with Gasteiger partial charge in [0.05, 0.1) is 19.8 Å². The molecule has 0 aliphatic carbocycles. The van der Waals surface area contributed by atoms with E-state index in [9.17, 15) is 0 Å². The minimum absolute atomic E-state index is 0.217. The summed E-state index contributed by atoms with van der Waals surface area (Å²) in [7, 11) is 3.20. The zero-order valence-electron chi connectivity index (χ0n) is 7.29. The van der Waals surface area contributed by atoms with Crippen LogP contribution in [0.2, 0.25) is 0 Å². The molecule has 0 atom stereocenters. The van der Waals surface area contributed by atoms with E-state index in [1.54, 1.807) is 14.2 Å². The van der Waals surface area contributed by atoms with Crippen molar-refractivity contribution < 1.29 is 19.6 Å². The normalized spacial score (nSPS) is 12.0. The molecule has 0 heterocycles. The molecule has 0 aliphatic heterocycles. The lowest BCUT2D eigenvalue weighted by molar-refractivity contribution is -0.268. The largest absolute Gasteiger partial charge is 0.384 e. The highest BCUT2D eigenvalue weighted by molar-refractivity contribution is 4.71. The van der Waals surface area contributed by atoms with E-state index in [0.717, 1.165) is 0 Å². The van der Waals surface area contributed by atoms with Crippen molar-refractivity contribution in [2.24, 2.45) is 5.41 Å². The Kier molecular flexibility index (Phi) is 5.41. The Morgan fingerprint density at radius 2 is 1.55 bits per heavy atom. The van der Waals surface area contributed by atoms with Gasteiger partial charge in [-0.2, -0.15) is 0 Å². The number of methoxy groups -OCH3 is 2. The number of ether oxygens (including phenoxy) is 2. The van der Waals surface area contributed by atoms with Crippen LogP contribution in [0, 0.1) is 5.41 Å². The first-order valence-corrected chi connectivity index (χ1v) is 3.43. The van der Waals surface area contributed by atoms with Crippen molar-refractivity contribution in [3.8, 4) is 0 Å². The van der Waals surface area contributed by atoms with Gasteiger partial charge in [0.25, 0.3) is 0 Å². The van der Waals surface area contributed by atoms with Crippen LogP contribution in [0.4, 0.5) is 0 Å². The summed E-state index contributed by atoms with van der Waals surface area (Å²) in [4.78, 5) is 4.05. The van der Waals surface area contributed by atoms with Gasteiger partial charge in [0.2, 0.25) is 0 Å². The molecule has 4 heteroatoms. The molecule has 0 radical (unpaired) electrons. The van der Waals surface area contributed by atoms with Gasteiger partial charge in [0.1, 0.15) is 0 Å². The molecule has 68 valence electrons. The standard InChI is InChI=1S/C7H16O4/c1-7(4-9-2,5-10-3)6-11-8/h8H,4-6H2,1-3H3. The molecule has 0 saturated heterocycles. The summed E-state index contributed by atoms with van der Waals surface area (Å²) < 4.78 is 9.88. The lowest BCUT2D eigenvalue weighted by atomic mass is 9.94. The summed E-state index contributed by atoms with van der Waals surface area (Å²) in [6.45, 7) is 3.13. The molecule has 0 spiro atoms. The predicted octanol–water partition coefficient (Wildman–Crippen LogP) is 0.775. The monoisotopic (exact) mass is 164 g/mol. The maximum atomic E-state index is 8.24. The van der Waals surface area contributed by atoms with Gasteiger partial charge in [-0.15, -0.1) is 0 Å². The van der Waals surface area contributed by atoms with E-state index < -0.39 is 0 Å². The van der Waals surface area contributed by atoms with E-state index >= 15 is 0 Å². The SMILES string of the molecule is COCC(C)(COC)COO. The molecular formula is C7H16O4. The Morgan fingerprint density at radius 1 is 1.09 bits per heavy atom. The zero-order chi connectivity index (χ0) is 8.74. The molecule has 0 bridgehead atoms. The minimum Gasteiger partial charge on any atom is -0.384 e. The third-order valence-corrected chi connectivity index (χ3v) is 1.40. The number of hydrogen-bond donors (Lipinski definition) is 1. The van der Waals surface area contributed by atoms with Crippen molar-refractivity contribution in [3.63, 3.8) is 0 Å². The lowest BCUT2D eigenvalue weighted by Crippen LogP contribution is -2.32. The maximum absolute atomic E-state index is 8.24. The van der Waals surface area contributed by atoms with E-state index in [0.29, 0.717) is 13.2 Å². The van der Waals surface area contributed by atoms with Gasteiger partial charge in [-0.1, -0.05) is 6.92 Å². The summed E-state index contributed by atoms with van der Waals surface area (Å²) in [5.74, 6) is 0. The van der Waals surface area contributed by atoms with Crippen molar-refractivity contribution in [3.05, 3.63) is 0 Å². The first kappa shape index (κ1) is 10.8. The second kappa shape index (κ2) is 5.49. The first-order chi connectivity index (χ1) is 5.18. The second-order valence-corrected chi connectivity index (χ2v) is 2.95. The molecular weight excluding hydrogens is 148 g/mol. The molecule has 0 fully saturated rings. The fourth-order valence-electron chi connectivity index (χ4n) is 0.978. The molecule has 0 aromatic carbocycles. The van der Waals surface area contributed by atoms with Crippen molar-refractivity contribution in [1.29, 1.82) is 0 Å². The maximum Gasteiger partial charge on any atom is 0.0917 e. The third kappa shape index (κ3) is 4.31. The van der Waals surface area contributed by atoms with Crippen LogP contribution in [0.25, 0.3) is 0 Å². The van der Waals surface area contributed by atoms with Gasteiger partial charge in [0.15, 0.2) is 0 Å². The molecule has 0 saturated carbocycles. The molecule has 0 aromatic heterocycles. The summed E-state index contributed by atoms with van der Waals surface area (Å²) in [6, 6.07) is 0. The van der Waals surface area contributed by atoms with E-state index in [2.05, 4.69) is 4.89 Å². The number of rotatable bonds is 6. The quantitative estimate of drug-likeness (QED) is 0.465. The molecule has 0 amide bonds. The fraction of sp³-hybridized carbons (Fsp3) is 1.00. The first-order valence-electron chi connectivity index (χ1n) is 3.43. The van der Waals surface area contributed by atoms with Crippen LogP contribution in [0.15, 0.2) is 0 Å². The van der Waals surface area contributed by atoms with Crippen LogP contribution in [-0.4, -0.2) is 39.3 Å². The molecule has 0 aliphatic rings. The van der Waals surface area contributed by atoms with Crippen LogP contribution in [-0.2, 0) is 14.4 Å². The smallest absolute Gasteiger partial charge is 0.0917 e. The molecule has 1 N–H and O–H groups in total.